The van der Waals surface area contributed by atoms with Crippen molar-refractivity contribution in [3.63, 3.8) is 0 Å². The summed E-state index contributed by atoms with van der Waals surface area (Å²) < 4.78 is 5.52. The maximum atomic E-state index is 12.8. The number of benzene rings is 1. The number of thiophene rings is 1. The van der Waals surface area contributed by atoms with E-state index in [-0.39, 0.29) is 29.4 Å². The van der Waals surface area contributed by atoms with Gasteiger partial charge in [-0.25, -0.2) is 9.97 Å². The first-order valence-electron chi connectivity index (χ1n) is 10.8. The fourth-order valence-electron chi connectivity index (χ4n) is 4.11. The summed E-state index contributed by atoms with van der Waals surface area (Å²) in [6.45, 7) is 5.57. The van der Waals surface area contributed by atoms with Crippen molar-refractivity contribution < 1.29 is 14.1 Å². The quantitative estimate of drug-likeness (QED) is 0.330. The molecule has 1 fully saturated rings. The van der Waals surface area contributed by atoms with Crippen LogP contribution in [0.4, 0.5) is 17.5 Å². The predicted molar refractivity (Wildman–Crippen MR) is 127 cm³/mol. The van der Waals surface area contributed by atoms with Gasteiger partial charge in [0, 0.05) is 41.6 Å². The number of hydrogen-bond acceptors (Lipinski definition) is 10. The first kappa shape index (κ1) is 21.9. The first-order valence-corrected chi connectivity index (χ1v) is 11.6. The molecule has 5 rings (SSSR count). The lowest BCUT2D eigenvalue weighted by Crippen LogP contribution is -2.38. The SMILES string of the molecule is Cc1sc2ncnc(N3CCC(C(=O)Nc4nnc(-c5cccc([N+](=O)[O-])c5)o4)CC3)c2c1C. The van der Waals surface area contributed by atoms with E-state index < -0.39 is 4.92 Å². The third-order valence-corrected chi connectivity index (χ3v) is 7.18. The molecule has 1 saturated heterocycles. The molecular formula is C22H21N7O4S. The molecule has 0 bridgehead atoms. The van der Waals surface area contributed by atoms with Gasteiger partial charge in [-0.2, -0.15) is 0 Å². The predicted octanol–water partition coefficient (Wildman–Crippen LogP) is 4.12. The number of anilines is 2. The van der Waals surface area contributed by atoms with Crippen LogP contribution in [0.5, 0.6) is 0 Å². The second-order valence-electron chi connectivity index (χ2n) is 8.13. The normalized spacial score (nSPS) is 14.5. The van der Waals surface area contributed by atoms with Crippen LogP contribution in [-0.2, 0) is 4.79 Å². The van der Waals surface area contributed by atoms with Gasteiger partial charge in [-0.15, -0.1) is 16.4 Å². The van der Waals surface area contributed by atoms with E-state index in [9.17, 15) is 14.9 Å². The van der Waals surface area contributed by atoms with Crippen molar-refractivity contribution in [1.29, 1.82) is 0 Å². The highest BCUT2D eigenvalue weighted by molar-refractivity contribution is 7.18. The molecule has 0 spiro atoms. The number of carbonyl (C=O) groups is 1. The van der Waals surface area contributed by atoms with E-state index >= 15 is 0 Å². The Morgan fingerprint density at radius 1 is 1.24 bits per heavy atom. The first-order chi connectivity index (χ1) is 16.4. The Bertz CT molecular complexity index is 1390. The molecule has 0 radical (unpaired) electrons. The largest absolute Gasteiger partial charge is 0.403 e. The van der Waals surface area contributed by atoms with E-state index in [1.54, 1.807) is 23.7 Å². The van der Waals surface area contributed by atoms with Crippen molar-refractivity contribution in [2.75, 3.05) is 23.3 Å². The van der Waals surface area contributed by atoms with Crippen molar-refractivity contribution in [3.8, 4) is 11.5 Å². The Kier molecular flexibility index (Phi) is 5.65. The number of aromatic nitrogens is 4. The lowest BCUT2D eigenvalue weighted by atomic mass is 9.95. The highest BCUT2D eigenvalue weighted by Gasteiger charge is 2.28. The lowest BCUT2D eigenvalue weighted by Gasteiger charge is -2.32. The van der Waals surface area contributed by atoms with Crippen LogP contribution in [-0.4, -0.2) is 44.1 Å². The molecule has 4 heterocycles. The number of nitrogens with zero attached hydrogens (tertiary/aromatic N) is 6. The van der Waals surface area contributed by atoms with Gasteiger partial charge < -0.3 is 9.32 Å². The number of nitro benzene ring substituents is 1. The smallest absolute Gasteiger partial charge is 0.322 e. The van der Waals surface area contributed by atoms with Gasteiger partial charge in [0.25, 0.3) is 5.69 Å². The van der Waals surface area contributed by atoms with Crippen LogP contribution < -0.4 is 10.2 Å². The Hall–Kier alpha value is -3.93. The van der Waals surface area contributed by atoms with Crippen molar-refractivity contribution in [3.05, 3.63) is 51.1 Å². The minimum Gasteiger partial charge on any atom is -0.403 e. The monoisotopic (exact) mass is 479 g/mol. The molecule has 1 aromatic carbocycles. The standard InChI is InChI=1S/C22H21N7O4S/c1-12-13(2)34-21-17(12)18(23-11-24-21)28-8-6-14(7-9-28)19(30)25-22-27-26-20(33-22)15-4-3-5-16(10-15)29(31)32/h3-5,10-11,14H,6-9H2,1-2H3,(H,25,27,30). The number of nitro groups is 1. The molecule has 4 aromatic rings. The Morgan fingerprint density at radius 2 is 2.03 bits per heavy atom. The van der Waals surface area contributed by atoms with E-state index in [2.05, 4.69) is 44.2 Å². The number of nitrogens with one attached hydrogen (secondary N) is 1. The molecule has 1 N–H and O–H groups in total. The molecule has 0 unspecified atom stereocenters. The van der Waals surface area contributed by atoms with Crippen LogP contribution in [0.1, 0.15) is 23.3 Å². The summed E-state index contributed by atoms with van der Waals surface area (Å²) in [4.78, 5) is 36.6. The zero-order valence-electron chi connectivity index (χ0n) is 18.5. The number of non-ortho nitro benzene ring substituents is 1. The number of hydrogen-bond donors (Lipinski definition) is 1. The average molecular weight is 480 g/mol. The second-order valence-corrected chi connectivity index (χ2v) is 9.33. The van der Waals surface area contributed by atoms with Gasteiger partial charge in [-0.05, 0) is 38.3 Å². The topological polar surface area (TPSA) is 140 Å². The fourth-order valence-corrected chi connectivity index (χ4v) is 5.10. The number of amides is 1. The molecule has 11 nitrogen and oxygen atoms in total. The maximum absolute atomic E-state index is 12.8. The molecule has 0 atom stereocenters. The van der Waals surface area contributed by atoms with Gasteiger partial charge in [0.15, 0.2) is 0 Å². The van der Waals surface area contributed by atoms with Crippen LogP contribution >= 0.6 is 11.3 Å². The average Bonchev–Trinajstić information content (AvgIpc) is 3.43. The molecule has 174 valence electrons. The minimum absolute atomic E-state index is 0.0317. The Balaban J connectivity index is 1.24. The van der Waals surface area contributed by atoms with Crippen LogP contribution in [0.2, 0.25) is 0 Å². The lowest BCUT2D eigenvalue weighted by molar-refractivity contribution is -0.384. The highest BCUT2D eigenvalue weighted by Crippen LogP contribution is 2.35. The Morgan fingerprint density at radius 3 is 2.79 bits per heavy atom. The number of piperidine rings is 1. The van der Waals surface area contributed by atoms with Gasteiger partial charge in [-0.1, -0.05) is 11.2 Å². The summed E-state index contributed by atoms with van der Waals surface area (Å²) in [5, 5.41) is 22.5. The molecule has 1 aliphatic rings. The van der Waals surface area contributed by atoms with E-state index in [0.717, 1.165) is 16.0 Å². The third-order valence-electron chi connectivity index (χ3n) is 6.07. The third kappa shape index (κ3) is 4.07. The van der Waals surface area contributed by atoms with E-state index in [4.69, 9.17) is 4.42 Å². The van der Waals surface area contributed by atoms with Crippen molar-refractivity contribution in [2.24, 2.45) is 5.92 Å². The molecular weight excluding hydrogens is 458 g/mol. The van der Waals surface area contributed by atoms with Gasteiger partial charge >= 0.3 is 6.01 Å². The summed E-state index contributed by atoms with van der Waals surface area (Å²) >= 11 is 1.67. The number of rotatable bonds is 5. The summed E-state index contributed by atoms with van der Waals surface area (Å²) in [7, 11) is 0. The van der Waals surface area contributed by atoms with E-state index in [1.165, 1.54) is 28.6 Å². The van der Waals surface area contributed by atoms with Gasteiger partial charge in [-0.3, -0.25) is 20.2 Å². The van der Waals surface area contributed by atoms with Gasteiger partial charge in [0.1, 0.15) is 17.0 Å². The summed E-state index contributed by atoms with van der Waals surface area (Å²) in [5.41, 5.74) is 1.53. The minimum atomic E-state index is -0.498. The summed E-state index contributed by atoms with van der Waals surface area (Å²) in [5.74, 6) is 0.628. The molecule has 34 heavy (non-hydrogen) atoms. The summed E-state index contributed by atoms with van der Waals surface area (Å²) in [6, 6.07) is 5.85. The van der Waals surface area contributed by atoms with Crippen LogP contribution in [0, 0.1) is 29.9 Å². The van der Waals surface area contributed by atoms with Crippen molar-refractivity contribution >= 4 is 45.0 Å². The number of fused-ring (bicyclic) bond motifs is 1. The van der Waals surface area contributed by atoms with Gasteiger partial charge in [0.2, 0.25) is 11.8 Å². The number of carbonyl (C=O) groups excluding carboxylic acids is 1. The zero-order valence-corrected chi connectivity index (χ0v) is 19.3. The molecule has 1 aliphatic heterocycles. The van der Waals surface area contributed by atoms with Gasteiger partial charge in [0.05, 0.1) is 10.3 Å². The van der Waals surface area contributed by atoms with E-state index in [1.807, 2.05) is 0 Å². The molecule has 12 heteroatoms. The maximum Gasteiger partial charge on any atom is 0.322 e. The van der Waals surface area contributed by atoms with Crippen molar-refractivity contribution in [1.82, 2.24) is 20.2 Å². The second kappa shape index (κ2) is 8.78. The van der Waals surface area contributed by atoms with E-state index in [0.29, 0.717) is 31.5 Å². The molecule has 0 saturated carbocycles. The highest BCUT2D eigenvalue weighted by atomic mass is 32.1. The molecule has 1 amide bonds. The van der Waals surface area contributed by atoms with Crippen LogP contribution in [0.15, 0.2) is 35.0 Å². The van der Waals surface area contributed by atoms with Crippen molar-refractivity contribution in [2.45, 2.75) is 26.7 Å². The zero-order chi connectivity index (χ0) is 23.8. The summed E-state index contributed by atoms with van der Waals surface area (Å²) in [6.07, 6.45) is 2.91. The Labute approximate surface area is 198 Å². The van der Waals surface area contributed by atoms with Crippen LogP contribution in [0.3, 0.4) is 0 Å². The fraction of sp³-hybridized carbons (Fsp3) is 0.318. The van der Waals surface area contributed by atoms with Crippen LogP contribution in [0.25, 0.3) is 21.7 Å². The number of aryl methyl sites for hydroxylation is 2. The molecule has 3 aromatic heterocycles. The molecule has 0 aliphatic carbocycles.